The van der Waals surface area contributed by atoms with Crippen molar-refractivity contribution < 1.29 is 9.84 Å². The molecule has 1 aliphatic carbocycles. The first-order valence-corrected chi connectivity index (χ1v) is 6.24. The van der Waals surface area contributed by atoms with Crippen molar-refractivity contribution in [3.8, 4) is 0 Å². The van der Waals surface area contributed by atoms with Crippen LogP contribution in [0.15, 0.2) is 42.5 Å². The second-order valence-electron chi connectivity index (χ2n) is 4.76. The molecule has 0 bridgehead atoms. The van der Waals surface area contributed by atoms with Crippen LogP contribution in [0.25, 0.3) is 0 Å². The summed E-state index contributed by atoms with van der Waals surface area (Å²) in [5.74, 6) is 0. The third-order valence-corrected chi connectivity index (χ3v) is 3.48. The molecule has 2 heteroatoms. The summed E-state index contributed by atoms with van der Waals surface area (Å²) in [5, 5.41) is 10.4. The van der Waals surface area contributed by atoms with Gasteiger partial charge in [0.15, 0.2) is 0 Å². The van der Waals surface area contributed by atoms with Gasteiger partial charge in [-0.25, -0.2) is 0 Å². The van der Waals surface area contributed by atoms with Crippen LogP contribution in [-0.2, 0) is 11.3 Å². The highest BCUT2D eigenvalue weighted by molar-refractivity contribution is 5.13. The minimum atomic E-state index is -0.691. The van der Waals surface area contributed by atoms with Gasteiger partial charge in [-0.15, -0.1) is 0 Å². The van der Waals surface area contributed by atoms with Crippen LogP contribution >= 0.6 is 0 Å². The molecule has 2 rings (SSSR count). The van der Waals surface area contributed by atoms with E-state index in [4.69, 9.17) is 4.74 Å². The summed E-state index contributed by atoms with van der Waals surface area (Å²) >= 11 is 0. The van der Waals surface area contributed by atoms with E-state index in [2.05, 4.69) is 6.08 Å². The standard InChI is InChI=1S/C15H20O2/c1-13(15(16)10-6-3-7-11-15)17-12-14-8-4-2-5-9-14/h2-6,8-9,13,16H,7,10-12H2,1H3/t13-,15?/m0/s1. The summed E-state index contributed by atoms with van der Waals surface area (Å²) in [6.07, 6.45) is 6.47. The molecule has 1 unspecified atom stereocenters. The van der Waals surface area contributed by atoms with Crippen LogP contribution in [0.2, 0.25) is 0 Å². The molecule has 0 aromatic heterocycles. The molecule has 0 aliphatic heterocycles. The van der Waals surface area contributed by atoms with Gasteiger partial charge < -0.3 is 9.84 Å². The van der Waals surface area contributed by atoms with Crippen LogP contribution in [0, 0.1) is 0 Å². The van der Waals surface area contributed by atoms with Gasteiger partial charge in [0.2, 0.25) is 0 Å². The predicted molar refractivity (Wildman–Crippen MR) is 68.6 cm³/mol. The van der Waals surface area contributed by atoms with Crippen LogP contribution in [0.1, 0.15) is 31.7 Å². The average molecular weight is 232 g/mol. The number of allylic oxidation sites excluding steroid dienone is 1. The summed E-state index contributed by atoms with van der Waals surface area (Å²) in [5.41, 5.74) is 0.457. The highest BCUT2D eigenvalue weighted by atomic mass is 16.5. The quantitative estimate of drug-likeness (QED) is 0.808. The first-order valence-electron chi connectivity index (χ1n) is 6.24. The third-order valence-electron chi connectivity index (χ3n) is 3.48. The first-order chi connectivity index (χ1) is 8.21. The van der Waals surface area contributed by atoms with Gasteiger partial charge in [-0.2, -0.15) is 0 Å². The van der Waals surface area contributed by atoms with Gasteiger partial charge in [0.25, 0.3) is 0 Å². The number of rotatable bonds is 4. The summed E-state index contributed by atoms with van der Waals surface area (Å²) < 4.78 is 5.79. The van der Waals surface area contributed by atoms with Crippen LogP contribution in [-0.4, -0.2) is 16.8 Å². The lowest BCUT2D eigenvalue weighted by molar-refractivity contribution is -0.110. The van der Waals surface area contributed by atoms with Gasteiger partial charge in [-0.3, -0.25) is 0 Å². The summed E-state index contributed by atoms with van der Waals surface area (Å²) in [6, 6.07) is 10.1. The van der Waals surface area contributed by atoms with E-state index in [1.54, 1.807) is 0 Å². The smallest absolute Gasteiger partial charge is 0.0942 e. The Morgan fingerprint density at radius 2 is 2.06 bits per heavy atom. The fourth-order valence-corrected chi connectivity index (χ4v) is 2.16. The maximum absolute atomic E-state index is 10.4. The predicted octanol–water partition coefficient (Wildman–Crippen LogP) is 3.06. The second kappa shape index (κ2) is 5.48. The van der Waals surface area contributed by atoms with Gasteiger partial charge in [0.1, 0.15) is 0 Å². The first kappa shape index (κ1) is 12.3. The molecule has 1 aromatic carbocycles. The van der Waals surface area contributed by atoms with Crippen molar-refractivity contribution in [1.29, 1.82) is 0 Å². The largest absolute Gasteiger partial charge is 0.387 e. The van der Waals surface area contributed by atoms with Crippen molar-refractivity contribution >= 4 is 0 Å². The molecule has 1 N–H and O–H groups in total. The Labute approximate surface area is 103 Å². The molecule has 0 saturated heterocycles. The zero-order valence-corrected chi connectivity index (χ0v) is 10.3. The Hall–Kier alpha value is -1.12. The number of hydrogen-bond donors (Lipinski definition) is 1. The van der Waals surface area contributed by atoms with E-state index >= 15 is 0 Å². The van der Waals surface area contributed by atoms with Crippen molar-refractivity contribution in [2.45, 2.75) is 44.5 Å². The summed E-state index contributed by atoms with van der Waals surface area (Å²) in [4.78, 5) is 0. The van der Waals surface area contributed by atoms with E-state index < -0.39 is 5.60 Å². The molecule has 17 heavy (non-hydrogen) atoms. The van der Waals surface area contributed by atoms with E-state index in [-0.39, 0.29) is 6.10 Å². The van der Waals surface area contributed by atoms with E-state index in [1.165, 1.54) is 0 Å². The lowest BCUT2D eigenvalue weighted by atomic mass is 9.85. The molecular weight excluding hydrogens is 212 g/mol. The monoisotopic (exact) mass is 232 g/mol. The third kappa shape index (κ3) is 3.18. The van der Waals surface area contributed by atoms with E-state index in [9.17, 15) is 5.11 Å². The van der Waals surface area contributed by atoms with Crippen molar-refractivity contribution in [2.24, 2.45) is 0 Å². The fourth-order valence-electron chi connectivity index (χ4n) is 2.16. The van der Waals surface area contributed by atoms with Crippen LogP contribution in [0.3, 0.4) is 0 Å². The van der Waals surface area contributed by atoms with Gasteiger partial charge in [0, 0.05) is 0 Å². The molecule has 1 aliphatic rings. The van der Waals surface area contributed by atoms with Crippen molar-refractivity contribution in [1.82, 2.24) is 0 Å². The van der Waals surface area contributed by atoms with Crippen LogP contribution in [0.5, 0.6) is 0 Å². The molecule has 0 amide bonds. The Morgan fingerprint density at radius 3 is 2.71 bits per heavy atom. The van der Waals surface area contributed by atoms with Crippen LogP contribution < -0.4 is 0 Å². The number of aliphatic hydroxyl groups is 1. The normalized spacial score (nSPS) is 25.8. The highest BCUT2D eigenvalue weighted by Gasteiger charge is 2.34. The second-order valence-corrected chi connectivity index (χ2v) is 4.76. The molecule has 92 valence electrons. The lowest BCUT2D eigenvalue weighted by Crippen LogP contribution is -2.42. The molecular formula is C15H20O2. The van der Waals surface area contributed by atoms with Gasteiger partial charge >= 0.3 is 0 Å². The minimum absolute atomic E-state index is 0.132. The van der Waals surface area contributed by atoms with Gasteiger partial charge in [-0.1, -0.05) is 42.5 Å². The fraction of sp³-hybridized carbons (Fsp3) is 0.467. The van der Waals surface area contributed by atoms with Gasteiger partial charge in [-0.05, 0) is 31.7 Å². The maximum atomic E-state index is 10.4. The van der Waals surface area contributed by atoms with Crippen molar-refractivity contribution in [2.75, 3.05) is 0 Å². The molecule has 0 heterocycles. The van der Waals surface area contributed by atoms with E-state index in [1.807, 2.05) is 43.3 Å². The zero-order valence-electron chi connectivity index (χ0n) is 10.3. The van der Waals surface area contributed by atoms with Crippen molar-refractivity contribution in [3.05, 3.63) is 48.0 Å². The molecule has 2 atom stereocenters. The summed E-state index contributed by atoms with van der Waals surface area (Å²) in [6.45, 7) is 2.52. The average Bonchev–Trinajstić information content (AvgIpc) is 2.38. The lowest BCUT2D eigenvalue weighted by Gasteiger charge is -2.35. The van der Waals surface area contributed by atoms with E-state index in [0.29, 0.717) is 13.0 Å². The SMILES string of the molecule is C[C@H](OCc1ccccc1)C1(O)CC=CCC1. The maximum Gasteiger partial charge on any atom is 0.0942 e. The highest BCUT2D eigenvalue weighted by Crippen LogP contribution is 2.29. The van der Waals surface area contributed by atoms with Crippen molar-refractivity contribution in [3.63, 3.8) is 0 Å². The molecule has 0 fully saturated rings. The number of hydrogen-bond acceptors (Lipinski definition) is 2. The van der Waals surface area contributed by atoms with Crippen LogP contribution in [0.4, 0.5) is 0 Å². The van der Waals surface area contributed by atoms with Gasteiger partial charge in [0.05, 0.1) is 18.3 Å². The Bertz CT molecular complexity index is 372. The topological polar surface area (TPSA) is 29.5 Å². The Kier molecular flexibility index (Phi) is 3.97. The summed E-state index contributed by atoms with van der Waals surface area (Å²) in [7, 11) is 0. The minimum Gasteiger partial charge on any atom is -0.387 e. The van der Waals surface area contributed by atoms with E-state index in [0.717, 1.165) is 18.4 Å². The number of ether oxygens (including phenoxy) is 1. The molecule has 0 radical (unpaired) electrons. The molecule has 1 aromatic rings. The number of benzene rings is 1. The molecule has 0 spiro atoms. The Morgan fingerprint density at radius 1 is 1.29 bits per heavy atom. The molecule has 2 nitrogen and oxygen atoms in total. The Balaban J connectivity index is 1.89. The molecule has 0 saturated carbocycles. The zero-order chi connectivity index (χ0) is 12.1.